The molecule has 0 saturated carbocycles. The Hall–Kier alpha value is -2.97. The molecule has 1 aromatic heterocycles. The normalized spacial score (nSPS) is 17.8. The number of nitrogens with zero attached hydrogens (tertiary/aromatic N) is 4. The average molecular weight is 441 g/mol. The fourth-order valence-corrected chi connectivity index (χ4v) is 5.39. The maximum Gasteiger partial charge on any atom is 0.279 e. The molecule has 1 atom stereocenters. The quantitative estimate of drug-likeness (QED) is 0.626. The molecule has 3 heterocycles. The summed E-state index contributed by atoms with van der Waals surface area (Å²) in [6.45, 7) is 0.204. The predicted molar refractivity (Wildman–Crippen MR) is 115 cm³/mol. The molecule has 30 heavy (non-hydrogen) atoms. The van der Waals surface area contributed by atoms with Gasteiger partial charge in [0.15, 0.2) is 11.4 Å². The highest BCUT2D eigenvalue weighted by molar-refractivity contribution is 7.98. The van der Waals surface area contributed by atoms with E-state index in [4.69, 9.17) is 11.6 Å². The molecule has 2 aliphatic heterocycles. The lowest BCUT2D eigenvalue weighted by molar-refractivity contribution is 0.0715. The van der Waals surface area contributed by atoms with Gasteiger partial charge in [-0.05, 0) is 23.3 Å². The van der Waals surface area contributed by atoms with E-state index in [2.05, 4.69) is 11.2 Å². The zero-order valence-corrected chi connectivity index (χ0v) is 17.5. The molecule has 1 N–H and O–H groups in total. The minimum atomic E-state index is -0.694. The van der Waals surface area contributed by atoms with Crippen LogP contribution < -0.4 is 10.4 Å². The van der Waals surface area contributed by atoms with Crippen molar-refractivity contribution in [2.45, 2.75) is 16.7 Å². The number of rotatable bonds is 1. The number of halogens is 1. The Balaban J connectivity index is 1.81. The van der Waals surface area contributed by atoms with Crippen molar-refractivity contribution in [3.63, 3.8) is 0 Å². The molecule has 1 unspecified atom stereocenters. The first kappa shape index (κ1) is 19.0. The van der Waals surface area contributed by atoms with Gasteiger partial charge < -0.3 is 10.0 Å². The van der Waals surface area contributed by atoms with Crippen molar-refractivity contribution >= 4 is 29.3 Å². The summed E-state index contributed by atoms with van der Waals surface area (Å²) in [4.78, 5) is 28.6. The van der Waals surface area contributed by atoms with Crippen molar-refractivity contribution in [2.24, 2.45) is 0 Å². The van der Waals surface area contributed by atoms with Gasteiger partial charge in [0.2, 0.25) is 5.43 Å². The van der Waals surface area contributed by atoms with Gasteiger partial charge in [-0.15, -0.1) is 11.8 Å². The van der Waals surface area contributed by atoms with Crippen molar-refractivity contribution in [3.8, 4) is 5.75 Å². The third-order valence-corrected chi connectivity index (χ3v) is 6.87. The summed E-state index contributed by atoms with van der Waals surface area (Å²) in [5.74, 6) is -0.325. The highest BCUT2D eigenvalue weighted by atomic mass is 35.5. The molecule has 2 aliphatic rings. The van der Waals surface area contributed by atoms with E-state index in [1.54, 1.807) is 18.8 Å². The van der Waals surface area contributed by atoms with Crippen molar-refractivity contribution in [1.82, 2.24) is 14.8 Å². The predicted octanol–water partition coefficient (Wildman–Crippen LogP) is 2.98. The van der Waals surface area contributed by atoms with Gasteiger partial charge in [-0.25, -0.2) is 0 Å². The fraction of sp³-hybridized carbons (Fsp3) is 0.190. The number of fused-ring (bicyclic) bond motifs is 3. The van der Waals surface area contributed by atoms with Gasteiger partial charge >= 0.3 is 0 Å². The Morgan fingerprint density at radius 1 is 1.17 bits per heavy atom. The summed E-state index contributed by atoms with van der Waals surface area (Å²) in [7, 11) is 1.63. The molecule has 0 saturated heterocycles. The summed E-state index contributed by atoms with van der Waals surface area (Å²) >= 11 is 8.42. The number of aromatic hydroxyl groups is 1. The van der Waals surface area contributed by atoms with Crippen LogP contribution in [0.25, 0.3) is 0 Å². The fourth-order valence-electron chi connectivity index (χ4n) is 4.00. The summed E-state index contributed by atoms with van der Waals surface area (Å²) < 4.78 is 0. The van der Waals surface area contributed by atoms with Gasteiger partial charge in [0.1, 0.15) is 18.9 Å². The number of thioether (sulfide) groups is 1. The molecule has 2 aromatic carbocycles. The molecule has 0 radical (unpaired) electrons. The van der Waals surface area contributed by atoms with Crippen LogP contribution in [0.5, 0.6) is 5.75 Å². The number of carbonyl (C=O) groups excluding carboxylic acids is 1. The number of aromatic nitrogens is 2. The molecule has 0 bridgehead atoms. The molecule has 9 heteroatoms. The van der Waals surface area contributed by atoms with E-state index in [0.717, 1.165) is 33.5 Å². The lowest BCUT2D eigenvalue weighted by Gasteiger charge is -2.42. The van der Waals surface area contributed by atoms with E-state index in [1.165, 1.54) is 9.69 Å². The van der Waals surface area contributed by atoms with Crippen molar-refractivity contribution in [1.29, 1.82) is 0 Å². The Labute approximate surface area is 181 Å². The van der Waals surface area contributed by atoms with E-state index in [1.807, 2.05) is 41.4 Å². The van der Waals surface area contributed by atoms with Gasteiger partial charge in [-0.2, -0.15) is 9.89 Å². The largest absolute Gasteiger partial charge is 0.502 e. The van der Waals surface area contributed by atoms with Crippen LogP contribution in [0.3, 0.4) is 0 Å². The second kappa shape index (κ2) is 7.07. The molecular weight excluding hydrogens is 424 g/mol. The Morgan fingerprint density at radius 2 is 1.97 bits per heavy atom. The number of amides is 1. The zero-order valence-electron chi connectivity index (χ0n) is 15.9. The summed E-state index contributed by atoms with van der Waals surface area (Å²) in [5, 5.41) is 17.0. The van der Waals surface area contributed by atoms with E-state index in [9.17, 15) is 14.7 Å². The standard InChI is InChI=1S/C21H17ClN4O3S/c1-24-11-25(26-19(21(24)29)20(28)15(27)9-23-26)18-13-6-2-3-8-16(13)30-10-12-5-4-7-14(22)17(12)18/h2-9,18,28H,10-11H2,1H3. The number of hydrogen-bond acceptors (Lipinski definition) is 6. The van der Waals surface area contributed by atoms with Gasteiger partial charge in [-0.3, -0.25) is 14.6 Å². The Bertz CT molecular complexity index is 1250. The van der Waals surface area contributed by atoms with E-state index in [0.29, 0.717) is 5.02 Å². The topological polar surface area (TPSA) is 78.7 Å². The molecule has 1 amide bonds. The highest BCUT2D eigenvalue weighted by Gasteiger charge is 2.38. The van der Waals surface area contributed by atoms with Crippen LogP contribution in [0.15, 0.2) is 58.4 Å². The van der Waals surface area contributed by atoms with Crippen LogP contribution in [0.1, 0.15) is 33.2 Å². The third kappa shape index (κ3) is 2.79. The lowest BCUT2D eigenvalue weighted by Crippen LogP contribution is -2.55. The van der Waals surface area contributed by atoms with Crippen LogP contribution in [0.2, 0.25) is 5.02 Å². The minimum Gasteiger partial charge on any atom is -0.502 e. The monoisotopic (exact) mass is 440 g/mol. The van der Waals surface area contributed by atoms with Gasteiger partial charge in [0, 0.05) is 28.3 Å². The molecule has 5 rings (SSSR count). The molecule has 0 fully saturated rings. The van der Waals surface area contributed by atoms with Crippen molar-refractivity contribution in [3.05, 3.63) is 86.3 Å². The third-order valence-electron chi connectivity index (χ3n) is 5.40. The molecule has 3 aromatic rings. The highest BCUT2D eigenvalue weighted by Crippen LogP contribution is 2.44. The van der Waals surface area contributed by atoms with Crippen LogP contribution in [0.4, 0.5) is 0 Å². The van der Waals surface area contributed by atoms with Gasteiger partial charge in [0.05, 0.1) is 0 Å². The van der Waals surface area contributed by atoms with E-state index in [-0.39, 0.29) is 18.4 Å². The second-order valence-corrected chi connectivity index (χ2v) is 8.65. The first-order valence-corrected chi connectivity index (χ1v) is 10.7. The molecule has 152 valence electrons. The summed E-state index contributed by atoms with van der Waals surface area (Å²) in [6, 6.07) is 13.5. The molecule has 7 nitrogen and oxygen atoms in total. The number of carbonyl (C=O) groups is 1. The SMILES string of the molecule is CN1CN(C2c3ccccc3SCc3cccc(Cl)c32)n2ncc(=O)c(O)c2C1=O. The summed E-state index contributed by atoms with van der Waals surface area (Å²) in [6.07, 6.45) is 1.02. The smallest absolute Gasteiger partial charge is 0.279 e. The summed E-state index contributed by atoms with van der Waals surface area (Å²) in [5.41, 5.74) is 2.17. The van der Waals surface area contributed by atoms with Gasteiger partial charge in [-0.1, -0.05) is 41.9 Å². The lowest BCUT2D eigenvalue weighted by atomic mass is 9.94. The van der Waals surface area contributed by atoms with Crippen LogP contribution >= 0.6 is 23.4 Å². The Morgan fingerprint density at radius 3 is 2.80 bits per heavy atom. The zero-order chi connectivity index (χ0) is 21.0. The molecular formula is C21H17ClN4O3S. The average Bonchev–Trinajstić information content (AvgIpc) is 2.91. The maximum absolute atomic E-state index is 12.8. The first-order valence-electron chi connectivity index (χ1n) is 9.30. The van der Waals surface area contributed by atoms with E-state index >= 15 is 0 Å². The molecule has 0 spiro atoms. The van der Waals surface area contributed by atoms with E-state index < -0.39 is 17.1 Å². The van der Waals surface area contributed by atoms with Crippen molar-refractivity contribution in [2.75, 3.05) is 18.7 Å². The van der Waals surface area contributed by atoms with Crippen molar-refractivity contribution < 1.29 is 9.90 Å². The number of benzene rings is 2. The minimum absolute atomic E-state index is 0.153. The second-order valence-electron chi connectivity index (χ2n) is 7.22. The van der Waals surface area contributed by atoms with Crippen LogP contribution in [0, 0.1) is 0 Å². The van der Waals surface area contributed by atoms with Crippen LogP contribution in [-0.4, -0.2) is 39.5 Å². The van der Waals surface area contributed by atoms with Crippen LogP contribution in [-0.2, 0) is 5.75 Å². The Kier molecular flexibility index (Phi) is 4.48. The molecule has 0 aliphatic carbocycles. The maximum atomic E-state index is 12.8. The van der Waals surface area contributed by atoms with Gasteiger partial charge in [0.25, 0.3) is 5.91 Å². The first-order chi connectivity index (χ1) is 14.5. The number of hydrogen-bond donors (Lipinski definition) is 1.